The zero-order valence-electron chi connectivity index (χ0n) is 8.23. The first-order valence-electron chi connectivity index (χ1n) is 4.86. The molecule has 14 heavy (non-hydrogen) atoms. The molecule has 1 aliphatic rings. The van der Waals surface area contributed by atoms with Crippen molar-refractivity contribution in [3.8, 4) is 0 Å². The summed E-state index contributed by atoms with van der Waals surface area (Å²) in [5, 5.41) is 3.02. The van der Waals surface area contributed by atoms with E-state index in [0.29, 0.717) is 0 Å². The van der Waals surface area contributed by atoms with Crippen molar-refractivity contribution in [3.63, 3.8) is 0 Å². The summed E-state index contributed by atoms with van der Waals surface area (Å²) in [6.45, 7) is 0.814. The van der Waals surface area contributed by atoms with Gasteiger partial charge >= 0.3 is 0 Å². The van der Waals surface area contributed by atoms with Crippen LogP contribution < -0.4 is 10.2 Å². The number of hydrogen-bond acceptors (Lipinski definition) is 2. The molecule has 2 rings (SSSR count). The minimum atomic E-state index is -0.00444. The van der Waals surface area contributed by atoms with Crippen LogP contribution in [0.5, 0.6) is 0 Å². The number of rotatable bonds is 2. The van der Waals surface area contributed by atoms with Crippen LogP contribution in [0.3, 0.4) is 0 Å². The number of benzene rings is 1. The van der Waals surface area contributed by atoms with Crippen molar-refractivity contribution in [1.29, 1.82) is 0 Å². The van der Waals surface area contributed by atoms with Gasteiger partial charge in [0.05, 0.1) is 6.04 Å². The number of anilines is 1. The van der Waals surface area contributed by atoms with Crippen molar-refractivity contribution in [2.75, 3.05) is 18.5 Å². The SMILES string of the molecule is CN[C@@H]1CCN(c2ccccc2)C1=O. The molecular weight excluding hydrogens is 176 g/mol. The first-order chi connectivity index (χ1) is 6.83. The normalized spacial score (nSPS) is 21.6. The van der Waals surface area contributed by atoms with Crippen molar-refractivity contribution in [2.24, 2.45) is 0 Å². The fourth-order valence-electron chi connectivity index (χ4n) is 1.81. The Kier molecular flexibility index (Phi) is 2.50. The summed E-state index contributed by atoms with van der Waals surface area (Å²) in [6.07, 6.45) is 0.893. The number of nitrogens with zero attached hydrogens (tertiary/aromatic N) is 1. The second-order valence-corrected chi connectivity index (χ2v) is 3.46. The van der Waals surface area contributed by atoms with Crippen LogP contribution in [0.15, 0.2) is 30.3 Å². The molecule has 0 saturated carbocycles. The molecule has 0 unspecified atom stereocenters. The Morgan fingerprint density at radius 3 is 2.64 bits per heavy atom. The van der Waals surface area contributed by atoms with E-state index in [2.05, 4.69) is 5.32 Å². The summed E-state index contributed by atoms with van der Waals surface area (Å²) in [6, 6.07) is 9.80. The maximum atomic E-state index is 11.8. The first kappa shape index (κ1) is 9.21. The molecule has 1 fully saturated rings. The largest absolute Gasteiger partial charge is 0.311 e. The topological polar surface area (TPSA) is 32.3 Å². The zero-order chi connectivity index (χ0) is 9.97. The average Bonchev–Trinajstić information content (AvgIpc) is 2.61. The second-order valence-electron chi connectivity index (χ2n) is 3.46. The third kappa shape index (κ3) is 1.51. The summed E-state index contributed by atoms with van der Waals surface area (Å²) in [7, 11) is 1.83. The molecular formula is C11H14N2O. The third-order valence-electron chi connectivity index (χ3n) is 2.62. The monoisotopic (exact) mass is 190 g/mol. The molecule has 0 spiro atoms. The number of para-hydroxylation sites is 1. The van der Waals surface area contributed by atoms with E-state index in [1.54, 1.807) is 0 Å². The number of amides is 1. The highest BCUT2D eigenvalue weighted by Crippen LogP contribution is 2.20. The van der Waals surface area contributed by atoms with Crippen LogP contribution in [0.2, 0.25) is 0 Å². The van der Waals surface area contributed by atoms with Crippen molar-refractivity contribution in [3.05, 3.63) is 30.3 Å². The molecule has 74 valence electrons. The second kappa shape index (κ2) is 3.80. The molecule has 1 aromatic rings. The predicted octanol–water partition coefficient (Wildman–Crippen LogP) is 1.01. The van der Waals surface area contributed by atoms with Gasteiger partial charge in [0.1, 0.15) is 0 Å². The molecule has 3 heteroatoms. The first-order valence-corrected chi connectivity index (χ1v) is 4.86. The Hall–Kier alpha value is -1.35. The summed E-state index contributed by atoms with van der Waals surface area (Å²) in [5.41, 5.74) is 0.996. The van der Waals surface area contributed by atoms with Gasteiger partial charge in [0.2, 0.25) is 5.91 Å². The van der Waals surface area contributed by atoms with Crippen LogP contribution in [-0.4, -0.2) is 25.5 Å². The van der Waals surface area contributed by atoms with Gasteiger partial charge in [-0.05, 0) is 25.6 Å². The van der Waals surface area contributed by atoms with Gasteiger partial charge < -0.3 is 10.2 Å². The molecule has 1 saturated heterocycles. The van der Waals surface area contributed by atoms with E-state index in [1.807, 2.05) is 42.3 Å². The van der Waals surface area contributed by atoms with Crippen LogP contribution in [0.4, 0.5) is 5.69 Å². The van der Waals surface area contributed by atoms with Crippen LogP contribution in [0, 0.1) is 0 Å². The summed E-state index contributed by atoms with van der Waals surface area (Å²) >= 11 is 0. The maximum absolute atomic E-state index is 11.8. The van der Waals surface area contributed by atoms with Gasteiger partial charge in [-0.25, -0.2) is 0 Å². The van der Waals surface area contributed by atoms with Gasteiger partial charge in [-0.1, -0.05) is 18.2 Å². The Morgan fingerprint density at radius 1 is 1.36 bits per heavy atom. The highest BCUT2D eigenvalue weighted by molar-refractivity contribution is 5.99. The quantitative estimate of drug-likeness (QED) is 0.755. The standard InChI is InChI=1S/C11H14N2O/c1-12-10-7-8-13(11(10)14)9-5-3-2-4-6-9/h2-6,10,12H,7-8H2,1H3/t10-/m1/s1. The smallest absolute Gasteiger partial charge is 0.244 e. The number of hydrogen-bond donors (Lipinski definition) is 1. The number of nitrogens with one attached hydrogen (secondary N) is 1. The lowest BCUT2D eigenvalue weighted by molar-refractivity contribution is -0.118. The number of carbonyl (C=O) groups is 1. The minimum absolute atomic E-state index is 0.00444. The van der Waals surface area contributed by atoms with E-state index < -0.39 is 0 Å². The molecule has 0 aliphatic carbocycles. The summed E-state index contributed by atoms with van der Waals surface area (Å²) in [5.74, 6) is 0.179. The van der Waals surface area contributed by atoms with Gasteiger partial charge in [-0.2, -0.15) is 0 Å². The molecule has 0 bridgehead atoms. The summed E-state index contributed by atoms with van der Waals surface area (Å²) in [4.78, 5) is 13.6. The Bertz CT molecular complexity index is 323. The Balaban J connectivity index is 2.18. The van der Waals surface area contributed by atoms with E-state index in [4.69, 9.17) is 0 Å². The van der Waals surface area contributed by atoms with Gasteiger partial charge in [0.25, 0.3) is 0 Å². The van der Waals surface area contributed by atoms with E-state index in [-0.39, 0.29) is 11.9 Å². The van der Waals surface area contributed by atoms with Crippen molar-refractivity contribution in [2.45, 2.75) is 12.5 Å². The molecule has 1 amide bonds. The molecule has 1 atom stereocenters. The van der Waals surface area contributed by atoms with Crippen LogP contribution >= 0.6 is 0 Å². The Morgan fingerprint density at radius 2 is 2.07 bits per heavy atom. The van der Waals surface area contributed by atoms with E-state index in [0.717, 1.165) is 18.7 Å². The highest BCUT2D eigenvalue weighted by Gasteiger charge is 2.30. The fraction of sp³-hybridized carbons (Fsp3) is 0.364. The van der Waals surface area contributed by atoms with Gasteiger partial charge in [-0.15, -0.1) is 0 Å². The molecule has 1 heterocycles. The molecule has 1 N–H and O–H groups in total. The number of carbonyl (C=O) groups excluding carboxylic acids is 1. The zero-order valence-corrected chi connectivity index (χ0v) is 8.23. The third-order valence-corrected chi connectivity index (χ3v) is 2.62. The van der Waals surface area contributed by atoms with Gasteiger partial charge in [0.15, 0.2) is 0 Å². The predicted molar refractivity (Wildman–Crippen MR) is 56.3 cm³/mol. The van der Waals surface area contributed by atoms with Crippen molar-refractivity contribution < 1.29 is 4.79 Å². The van der Waals surface area contributed by atoms with Crippen LogP contribution in [0.25, 0.3) is 0 Å². The van der Waals surface area contributed by atoms with E-state index in [9.17, 15) is 4.79 Å². The molecule has 3 nitrogen and oxygen atoms in total. The lowest BCUT2D eigenvalue weighted by Gasteiger charge is -2.16. The Labute approximate surface area is 83.7 Å². The number of likely N-dealkylation sites (N-methyl/N-ethyl adjacent to an activating group) is 1. The fourth-order valence-corrected chi connectivity index (χ4v) is 1.81. The lowest BCUT2D eigenvalue weighted by Crippen LogP contribution is -2.36. The van der Waals surface area contributed by atoms with E-state index in [1.165, 1.54) is 0 Å². The van der Waals surface area contributed by atoms with Gasteiger partial charge in [-0.3, -0.25) is 4.79 Å². The van der Waals surface area contributed by atoms with Crippen molar-refractivity contribution >= 4 is 11.6 Å². The molecule has 0 radical (unpaired) electrons. The highest BCUT2D eigenvalue weighted by atomic mass is 16.2. The maximum Gasteiger partial charge on any atom is 0.244 e. The molecule has 0 aromatic heterocycles. The molecule has 1 aromatic carbocycles. The van der Waals surface area contributed by atoms with Crippen LogP contribution in [-0.2, 0) is 4.79 Å². The average molecular weight is 190 g/mol. The lowest BCUT2D eigenvalue weighted by atomic mass is 10.2. The molecule has 1 aliphatic heterocycles. The summed E-state index contributed by atoms with van der Waals surface area (Å²) < 4.78 is 0. The van der Waals surface area contributed by atoms with Gasteiger partial charge in [0, 0.05) is 12.2 Å². The van der Waals surface area contributed by atoms with Crippen LogP contribution in [0.1, 0.15) is 6.42 Å². The van der Waals surface area contributed by atoms with E-state index >= 15 is 0 Å². The minimum Gasteiger partial charge on any atom is -0.311 e. The van der Waals surface area contributed by atoms with Crippen molar-refractivity contribution in [1.82, 2.24) is 5.32 Å².